The zero-order chi connectivity index (χ0) is 18.5. The maximum absolute atomic E-state index is 8.81. The van der Waals surface area contributed by atoms with Gasteiger partial charge in [0.2, 0.25) is 0 Å². The average molecular weight is 354 g/mol. The first-order valence-electron chi connectivity index (χ1n) is 9.52. The molecule has 0 bridgehead atoms. The first-order chi connectivity index (χ1) is 13.3. The second-order valence-electron chi connectivity index (χ2n) is 7.13. The fraction of sp³-hybridized carbons (Fsp3) is 0.304. The molecular weight excluding hydrogens is 332 g/mol. The van der Waals surface area contributed by atoms with Crippen molar-refractivity contribution < 1.29 is 0 Å². The molecular formula is C23H22N4. The van der Waals surface area contributed by atoms with Crippen LogP contribution in [0.2, 0.25) is 0 Å². The topological polar surface area (TPSA) is 62.5 Å². The quantitative estimate of drug-likeness (QED) is 0.569. The van der Waals surface area contributed by atoms with E-state index >= 15 is 0 Å². The lowest BCUT2D eigenvalue weighted by Crippen LogP contribution is -2.28. The number of aromatic nitrogens is 3. The minimum absolute atomic E-state index is 0.124. The Hall–Kier alpha value is -3.06. The number of nitriles is 1. The van der Waals surface area contributed by atoms with Crippen molar-refractivity contribution in [2.24, 2.45) is 0 Å². The van der Waals surface area contributed by atoms with Crippen LogP contribution in [0.1, 0.15) is 48.8 Å². The molecule has 1 aliphatic rings. The largest absolute Gasteiger partial charge is 0.265 e. The van der Waals surface area contributed by atoms with E-state index in [0.29, 0.717) is 6.42 Å². The number of nitrogens with zero attached hydrogens (tertiary/aromatic N) is 4. The number of pyridine rings is 3. The van der Waals surface area contributed by atoms with E-state index in [2.05, 4.69) is 45.3 Å². The highest BCUT2D eigenvalue weighted by atomic mass is 14.8. The smallest absolute Gasteiger partial charge is 0.0930 e. The minimum atomic E-state index is -0.124. The van der Waals surface area contributed by atoms with Crippen LogP contribution < -0.4 is 0 Å². The fourth-order valence-electron chi connectivity index (χ4n) is 4.31. The van der Waals surface area contributed by atoms with E-state index in [9.17, 15) is 0 Å². The molecule has 0 saturated heterocycles. The van der Waals surface area contributed by atoms with E-state index in [4.69, 9.17) is 5.26 Å². The van der Waals surface area contributed by atoms with Crippen LogP contribution in [0.5, 0.6) is 0 Å². The number of fused-ring (bicyclic) bond motifs is 3. The Morgan fingerprint density at radius 3 is 2.11 bits per heavy atom. The molecule has 27 heavy (non-hydrogen) atoms. The standard InChI is InChI=1S/C23H22N4/c24-12-4-2-1-3-11-23(17-18-9-15-25-16-10-18)19-7-5-13-26-21(19)22-20(23)8-6-14-27-22/h5-10,13-16H,1-4,11,17H2. The first-order valence-corrected chi connectivity index (χ1v) is 9.52. The molecule has 0 amide bonds. The minimum Gasteiger partial charge on any atom is -0.265 e. The van der Waals surface area contributed by atoms with E-state index in [-0.39, 0.29) is 5.41 Å². The highest BCUT2D eigenvalue weighted by molar-refractivity contribution is 5.75. The summed E-state index contributed by atoms with van der Waals surface area (Å²) in [5, 5.41) is 8.81. The first kappa shape index (κ1) is 17.4. The van der Waals surface area contributed by atoms with Crippen LogP contribution in [-0.2, 0) is 11.8 Å². The molecule has 4 heteroatoms. The normalized spacial score (nSPS) is 13.6. The summed E-state index contributed by atoms with van der Waals surface area (Å²) >= 11 is 0. The van der Waals surface area contributed by atoms with E-state index in [1.165, 1.54) is 16.7 Å². The number of hydrogen-bond donors (Lipinski definition) is 0. The second-order valence-corrected chi connectivity index (χ2v) is 7.13. The predicted octanol–water partition coefficient (Wildman–Crippen LogP) is 4.85. The Bertz CT molecular complexity index is 914. The van der Waals surface area contributed by atoms with Crippen LogP contribution in [-0.4, -0.2) is 15.0 Å². The molecule has 0 aromatic carbocycles. The summed E-state index contributed by atoms with van der Waals surface area (Å²) in [6, 6.07) is 14.9. The van der Waals surface area contributed by atoms with Crippen molar-refractivity contribution in [1.29, 1.82) is 5.26 Å². The molecule has 4 nitrogen and oxygen atoms in total. The van der Waals surface area contributed by atoms with Crippen LogP contribution in [0.3, 0.4) is 0 Å². The van der Waals surface area contributed by atoms with Crippen LogP contribution in [0, 0.1) is 11.3 Å². The van der Waals surface area contributed by atoms with E-state index in [1.54, 1.807) is 0 Å². The van der Waals surface area contributed by atoms with Crippen LogP contribution >= 0.6 is 0 Å². The van der Waals surface area contributed by atoms with Crippen molar-refractivity contribution in [2.45, 2.75) is 43.9 Å². The summed E-state index contributed by atoms with van der Waals surface area (Å²) in [4.78, 5) is 13.5. The molecule has 0 spiro atoms. The zero-order valence-electron chi connectivity index (χ0n) is 15.3. The zero-order valence-corrected chi connectivity index (χ0v) is 15.3. The second kappa shape index (κ2) is 7.67. The Morgan fingerprint density at radius 1 is 0.815 bits per heavy atom. The summed E-state index contributed by atoms with van der Waals surface area (Å²) in [5.74, 6) is 0. The fourth-order valence-corrected chi connectivity index (χ4v) is 4.31. The Morgan fingerprint density at radius 2 is 1.48 bits per heavy atom. The van der Waals surface area contributed by atoms with Gasteiger partial charge in [-0.25, -0.2) is 0 Å². The molecule has 0 saturated carbocycles. The Kier molecular flexibility index (Phi) is 4.93. The van der Waals surface area contributed by atoms with Crippen LogP contribution in [0.25, 0.3) is 11.4 Å². The molecule has 134 valence electrons. The van der Waals surface area contributed by atoms with Gasteiger partial charge in [-0.15, -0.1) is 0 Å². The molecule has 3 aromatic rings. The number of rotatable bonds is 7. The average Bonchev–Trinajstić information content (AvgIpc) is 2.99. The highest BCUT2D eigenvalue weighted by Gasteiger charge is 2.44. The van der Waals surface area contributed by atoms with Gasteiger partial charge in [0, 0.05) is 36.6 Å². The van der Waals surface area contributed by atoms with Gasteiger partial charge in [-0.05, 0) is 60.2 Å². The van der Waals surface area contributed by atoms with Crippen molar-refractivity contribution >= 4 is 0 Å². The summed E-state index contributed by atoms with van der Waals surface area (Å²) in [7, 11) is 0. The lowest BCUT2D eigenvalue weighted by molar-refractivity contribution is 0.448. The predicted molar refractivity (Wildman–Crippen MR) is 105 cm³/mol. The van der Waals surface area contributed by atoms with Gasteiger partial charge in [0.25, 0.3) is 0 Å². The summed E-state index contributed by atoms with van der Waals surface area (Å²) in [5.41, 5.74) is 5.72. The van der Waals surface area contributed by atoms with Gasteiger partial charge < -0.3 is 0 Å². The van der Waals surface area contributed by atoms with E-state index in [0.717, 1.165) is 43.5 Å². The van der Waals surface area contributed by atoms with Crippen LogP contribution in [0.15, 0.2) is 61.2 Å². The molecule has 3 aromatic heterocycles. The van der Waals surface area contributed by atoms with Gasteiger partial charge in [-0.1, -0.05) is 25.0 Å². The third kappa shape index (κ3) is 3.21. The number of hydrogen-bond acceptors (Lipinski definition) is 4. The summed E-state index contributed by atoms with van der Waals surface area (Å²) in [6.07, 6.45) is 13.1. The van der Waals surface area contributed by atoms with Crippen molar-refractivity contribution in [3.05, 3.63) is 77.9 Å². The lowest BCUT2D eigenvalue weighted by Gasteiger charge is -2.32. The van der Waals surface area contributed by atoms with Crippen molar-refractivity contribution in [1.82, 2.24) is 15.0 Å². The SMILES string of the molecule is N#CCCCCCC1(Cc2ccncc2)c2cccnc2-c2ncccc21. The molecule has 3 heterocycles. The molecule has 4 rings (SSSR count). The van der Waals surface area contributed by atoms with Gasteiger partial charge in [-0.2, -0.15) is 5.26 Å². The van der Waals surface area contributed by atoms with Gasteiger partial charge in [0.1, 0.15) is 0 Å². The van der Waals surface area contributed by atoms with Gasteiger partial charge >= 0.3 is 0 Å². The van der Waals surface area contributed by atoms with Crippen molar-refractivity contribution in [3.63, 3.8) is 0 Å². The van der Waals surface area contributed by atoms with E-state index in [1.807, 2.05) is 36.9 Å². The molecule has 0 fully saturated rings. The highest BCUT2D eigenvalue weighted by Crippen LogP contribution is 2.51. The summed E-state index contributed by atoms with van der Waals surface area (Å²) < 4.78 is 0. The molecule has 0 radical (unpaired) electrons. The van der Waals surface area contributed by atoms with Gasteiger partial charge in [0.15, 0.2) is 0 Å². The molecule has 0 unspecified atom stereocenters. The molecule has 1 aliphatic carbocycles. The Balaban J connectivity index is 1.76. The van der Waals surface area contributed by atoms with Crippen molar-refractivity contribution in [2.75, 3.05) is 0 Å². The Labute approximate surface area is 160 Å². The third-order valence-electron chi connectivity index (χ3n) is 5.52. The molecule has 0 N–H and O–H groups in total. The molecule has 0 aliphatic heterocycles. The van der Waals surface area contributed by atoms with Gasteiger partial charge in [0.05, 0.1) is 17.5 Å². The van der Waals surface area contributed by atoms with Crippen molar-refractivity contribution in [3.8, 4) is 17.5 Å². The van der Waals surface area contributed by atoms with Gasteiger partial charge in [-0.3, -0.25) is 15.0 Å². The van der Waals surface area contributed by atoms with E-state index < -0.39 is 0 Å². The maximum atomic E-state index is 8.81. The number of unbranched alkanes of at least 4 members (excludes halogenated alkanes) is 3. The van der Waals surface area contributed by atoms with Crippen LogP contribution in [0.4, 0.5) is 0 Å². The maximum Gasteiger partial charge on any atom is 0.0930 e. The monoisotopic (exact) mass is 354 g/mol. The summed E-state index contributed by atoms with van der Waals surface area (Å²) in [6.45, 7) is 0. The molecule has 0 atom stereocenters. The third-order valence-corrected chi connectivity index (χ3v) is 5.52. The lowest BCUT2D eigenvalue weighted by atomic mass is 9.70.